The summed E-state index contributed by atoms with van der Waals surface area (Å²) in [6.45, 7) is 6.64. The molecule has 0 aromatic rings. The Bertz CT molecular complexity index is 365. The summed E-state index contributed by atoms with van der Waals surface area (Å²) in [4.78, 5) is 26.9. The number of amides is 2. The second-order valence-corrected chi connectivity index (χ2v) is 6.23. The Morgan fingerprint density at radius 2 is 2.00 bits per heavy atom. The Balaban J connectivity index is 2.18. The molecule has 108 valence electrons. The molecule has 1 aliphatic heterocycles. The molecule has 1 aliphatic carbocycles. The van der Waals surface area contributed by atoms with Crippen molar-refractivity contribution in [3.05, 3.63) is 0 Å². The quantitative estimate of drug-likeness (QED) is 0.828. The summed E-state index contributed by atoms with van der Waals surface area (Å²) < 4.78 is 0. The van der Waals surface area contributed by atoms with Crippen LogP contribution in [-0.4, -0.2) is 34.8 Å². The number of nitrogens with one attached hydrogen (secondary N) is 1. The van der Waals surface area contributed by atoms with Crippen LogP contribution in [0, 0.1) is 5.92 Å². The number of carbonyl (C=O) groups is 2. The summed E-state index contributed by atoms with van der Waals surface area (Å²) in [7, 11) is 0. The molecule has 2 aliphatic rings. The van der Waals surface area contributed by atoms with Gasteiger partial charge in [0.15, 0.2) is 0 Å². The van der Waals surface area contributed by atoms with E-state index in [1.807, 2.05) is 18.7 Å². The van der Waals surface area contributed by atoms with Gasteiger partial charge in [0.1, 0.15) is 11.6 Å². The lowest BCUT2D eigenvalue weighted by Gasteiger charge is -2.46. The molecular formula is C15H26N2O2. The lowest BCUT2D eigenvalue weighted by Crippen LogP contribution is -2.69. The van der Waals surface area contributed by atoms with Crippen molar-refractivity contribution in [1.82, 2.24) is 10.2 Å². The standard InChI is InChI=1S/C15H26N2O2/c1-4-7-12-13(18)16-15(3,5-2)14(19)17(12)10-11-8-6-9-11/h11-12H,4-10H2,1-3H3,(H,16,18). The smallest absolute Gasteiger partial charge is 0.248 e. The van der Waals surface area contributed by atoms with E-state index < -0.39 is 5.54 Å². The van der Waals surface area contributed by atoms with Gasteiger partial charge in [-0.25, -0.2) is 0 Å². The molecule has 4 nitrogen and oxygen atoms in total. The predicted octanol–water partition coefficient (Wildman–Crippen LogP) is 2.08. The van der Waals surface area contributed by atoms with Gasteiger partial charge in [-0.2, -0.15) is 0 Å². The van der Waals surface area contributed by atoms with Gasteiger partial charge in [-0.05, 0) is 38.5 Å². The average molecular weight is 266 g/mol. The molecule has 0 spiro atoms. The van der Waals surface area contributed by atoms with Crippen LogP contribution >= 0.6 is 0 Å². The Morgan fingerprint density at radius 3 is 2.47 bits per heavy atom. The molecule has 1 heterocycles. The Hall–Kier alpha value is -1.06. The molecule has 0 aromatic heterocycles. The van der Waals surface area contributed by atoms with Crippen molar-refractivity contribution in [2.24, 2.45) is 5.92 Å². The molecule has 19 heavy (non-hydrogen) atoms. The SMILES string of the molecule is CCCC1C(=O)NC(C)(CC)C(=O)N1CC1CCC1. The van der Waals surface area contributed by atoms with Gasteiger partial charge in [-0.1, -0.05) is 26.7 Å². The fourth-order valence-corrected chi connectivity index (χ4v) is 2.97. The fraction of sp³-hybridized carbons (Fsp3) is 0.867. The van der Waals surface area contributed by atoms with E-state index in [1.165, 1.54) is 19.3 Å². The molecule has 1 N–H and O–H groups in total. The zero-order valence-electron chi connectivity index (χ0n) is 12.4. The van der Waals surface area contributed by atoms with Gasteiger partial charge in [0.2, 0.25) is 11.8 Å². The maximum absolute atomic E-state index is 12.7. The normalized spacial score (nSPS) is 32.2. The number of rotatable bonds is 5. The maximum Gasteiger partial charge on any atom is 0.248 e. The molecule has 4 heteroatoms. The fourth-order valence-electron chi connectivity index (χ4n) is 2.97. The van der Waals surface area contributed by atoms with Crippen LogP contribution in [0.15, 0.2) is 0 Å². The highest BCUT2D eigenvalue weighted by molar-refractivity contribution is 5.99. The van der Waals surface area contributed by atoms with E-state index in [9.17, 15) is 9.59 Å². The monoisotopic (exact) mass is 266 g/mol. The van der Waals surface area contributed by atoms with E-state index in [1.54, 1.807) is 0 Å². The number of carbonyl (C=O) groups excluding carboxylic acids is 2. The maximum atomic E-state index is 12.7. The highest BCUT2D eigenvalue weighted by Crippen LogP contribution is 2.31. The topological polar surface area (TPSA) is 49.4 Å². The third-order valence-electron chi connectivity index (χ3n) is 4.76. The molecule has 2 rings (SSSR count). The number of nitrogens with zero attached hydrogens (tertiary/aromatic N) is 1. The van der Waals surface area contributed by atoms with Crippen molar-refractivity contribution in [1.29, 1.82) is 0 Å². The third-order valence-corrected chi connectivity index (χ3v) is 4.76. The average Bonchev–Trinajstić information content (AvgIpc) is 2.33. The summed E-state index contributed by atoms with van der Waals surface area (Å²) >= 11 is 0. The molecule has 2 unspecified atom stereocenters. The van der Waals surface area contributed by atoms with Crippen LogP contribution in [0.3, 0.4) is 0 Å². The molecular weight excluding hydrogens is 240 g/mol. The van der Waals surface area contributed by atoms with Crippen LogP contribution in [0.5, 0.6) is 0 Å². The first kappa shape index (κ1) is 14.4. The first-order valence-electron chi connectivity index (χ1n) is 7.65. The van der Waals surface area contributed by atoms with E-state index in [0.29, 0.717) is 12.3 Å². The van der Waals surface area contributed by atoms with Crippen molar-refractivity contribution in [2.45, 2.75) is 70.9 Å². The number of hydrogen-bond donors (Lipinski definition) is 1. The van der Waals surface area contributed by atoms with Crippen LogP contribution < -0.4 is 5.32 Å². The number of hydrogen-bond acceptors (Lipinski definition) is 2. The highest BCUT2D eigenvalue weighted by Gasteiger charge is 2.47. The molecule has 2 amide bonds. The van der Waals surface area contributed by atoms with Crippen LogP contribution in [-0.2, 0) is 9.59 Å². The lowest BCUT2D eigenvalue weighted by molar-refractivity contribution is -0.156. The van der Waals surface area contributed by atoms with E-state index >= 15 is 0 Å². The zero-order chi connectivity index (χ0) is 14.0. The molecule has 0 radical (unpaired) electrons. The summed E-state index contributed by atoms with van der Waals surface area (Å²) in [6, 6.07) is -0.252. The predicted molar refractivity (Wildman–Crippen MR) is 74.6 cm³/mol. The summed E-state index contributed by atoms with van der Waals surface area (Å²) in [5.41, 5.74) is -0.703. The first-order chi connectivity index (χ1) is 9.01. The van der Waals surface area contributed by atoms with Crippen molar-refractivity contribution in [3.63, 3.8) is 0 Å². The minimum absolute atomic E-state index is 0.0325. The van der Waals surface area contributed by atoms with Gasteiger partial charge >= 0.3 is 0 Å². The Morgan fingerprint density at radius 1 is 1.32 bits per heavy atom. The Labute approximate surface area is 115 Å². The molecule has 0 bridgehead atoms. The molecule has 0 aromatic carbocycles. The van der Waals surface area contributed by atoms with Crippen molar-refractivity contribution < 1.29 is 9.59 Å². The van der Waals surface area contributed by atoms with E-state index in [4.69, 9.17) is 0 Å². The molecule has 1 saturated carbocycles. The highest BCUT2D eigenvalue weighted by atomic mass is 16.2. The van der Waals surface area contributed by atoms with Crippen LogP contribution in [0.4, 0.5) is 0 Å². The van der Waals surface area contributed by atoms with Gasteiger partial charge < -0.3 is 10.2 Å². The molecule has 2 atom stereocenters. The van der Waals surface area contributed by atoms with Gasteiger partial charge in [0, 0.05) is 6.54 Å². The van der Waals surface area contributed by atoms with Gasteiger partial charge in [0.25, 0.3) is 0 Å². The van der Waals surface area contributed by atoms with E-state index in [0.717, 1.165) is 19.4 Å². The summed E-state index contributed by atoms with van der Waals surface area (Å²) in [5, 5.41) is 2.94. The van der Waals surface area contributed by atoms with Gasteiger partial charge in [-0.15, -0.1) is 0 Å². The van der Waals surface area contributed by atoms with Crippen molar-refractivity contribution in [2.75, 3.05) is 6.54 Å². The van der Waals surface area contributed by atoms with E-state index in [2.05, 4.69) is 12.2 Å². The zero-order valence-corrected chi connectivity index (χ0v) is 12.4. The minimum atomic E-state index is -0.703. The number of piperazine rings is 1. The van der Waals surface area contributed by atoms with Crippen molar-refractivity contribution >= 4 is 11.8 Å². The third kappa shape index (κ3) is 2.63. The first-order valence-corrected chi connectivity index (χ1v) is 7.65. The molecule has 1 saturated heterocycles. The van der Waals surface area contributed by atoms with Crippen LogP contribution in [0.1, 0.15) is 59.3 Å². The minimum Gasteiger partial charge on any atom is -0.340 e. The Kier molecular flexibility index (Phi) is 4.16. The summed E-state index contributed by atoms with van der Waals surface area (Å²) in [5.74, 6) is 0.750. The second kappa shape index (κ2) is 5.51. The lowest BCUT2D eigenvalue weighted by atomic mass is 9.83. The van der Waals surface area contributed by atoms with E-state index in [-0.39, 0.29) is 17.9 Å². The summed E-state index contributed by atoms with van der Waals surface area (Å²) in [6.07, 6.45) is 6.01. The molecule has 2 fully saturated rings. The van der Waals surface area contributed by atoms with Gasteiger partial charge in [-0.3, -0.25) is 9.59 Å². The van der Waals surface area contributed by atoms with Crippen LogP contribution in [0.2, 0.25) is 0 Å². The van der Waals surface area contributed by atoms with Crippen LogP contribution in [0.25, 0.3) is 0 Å². The second-order valence-electron chi connectivity index (χ2n) is 6.23. The largest absolute Gasteiger partial charge is 0.340 e. The van der Waals surface area contributed by atoms with Crippen molar-refractivity contribution in [3.8, 4) is 0 Å². The van der Waals surface area contributed by atoms with Gasteiger partial charge in [0.05, 0.1) is 0 Å².